The summed E-state index contributed by atoms with van der Waals surface area (Å²) in [6.45, 7) is 36.5. The van der Waals surface area contributed by atoms with Gasteiger partial charge in [-0.25, -0.2) is 0 Å². The van der Waals surface area contributed by atoms with Gasteiger partial charge in [0, 0.05) is 0 Å². The molecular formula is C21H46. The van der Waals surface area contributed by atoms with E-state index in [9.17, 15) is 0 Å². The summed E-state index contributed by atoms with van der Waals surface area (Å²) in [6, 6.07) is 0. The number of allylic oxidation sites excluding steroid dienone is 4. The maximum atomic E-state index is 3.63. The van der Waals surface area contributed by atoms with E-state index in [4.69, 9.17) is 0 Å². The average Bonchev–Trinajstić information content (AvgIpc) is 2.43. The third-order valence-corrected chi connectivity index (χ3v) is 0.779. The van der Waals surface area contributed by atoms with Crippen LogP contribution < -0.4 is 0 Å². The van der Waals surface area contributed by atoms with Crippen molar-refractivity contribution < 1.29 is 0 Å². The molecule has 0 saturated heterocycles. The summed E-state index contributed by atoms with van der Waals surface area (Å²) in [5.41, 5.74) is 0.306. The van der Waals surface area contributed by atoms with E-state index in [2.05, 4.69) is 67.9 Å². The first-order valence-electron chi connectivity index (χ1n) is 8.06. The Morgan fingerprint density at radius 3 is 0.810 bits per heavy atom. The largest absolute Gasteiger partial charge is 0.103 e. The second kappa shape index (κ2) is 42.8. The van der Waals surface area contributed by atoms with Gasteiger partial charge in [0.05, 0.1) is 0 Å². The molecule has 0 fully saturated rings. The zero-order valence-corrected chi connectivity index (χ0v) is 17.2. The highest BCUT2D eigenvalue weighted by Crippen LogP contribution is 2.11. The molecule has 0 heterocycles. The van der Waals surface area contributed by atoms with E-state index in [0.29, 0.717) is 5.41 Å². The van der Waals surface area contributed by atoms with E-state index in [-0.39, 0.29) is 0 Å². The highest BCUT2D eigenvalue weighted by atomic mass is 14.0. The van der Waals surface area contributed by atoms with Crippen molar-refractivity contribution in [1.29, 1.82) is 0 Å². The zero-order chi connectivity index (χ0) is 18.9. The third kappa shape index (κ3) is 622. The molecule has 0 heteroatoms. The molecule has 0 bridgehead atoms. The molecule has 0 aliphatic carbocycles. The molecule has 0 aliphatic rings. The van der Waals surface area contributed by atoms with Gasteiger partial charge in [-0.15, -0.1) is 13.2 Å². The second-order valence-electron chi connectivity index (χ2n) is 5.18. The van der Waals surface area contributed by atoms with Gasteiger partial charge in [0.1, 0.15) is 0 Å². The lowest BCUT2D eigenvalue weighted by atomic mass is 9.98. The molecule has 0 aromatic rings. The Morgan fingerprint density at radius 2 is 0.810 bits per heavy atom. The summed E-state index contributed by atoms with van der Waals surface area (Å²) in [5.74, 6) is 0.833. The molecule has 0 rings (SSSR count). The molecular weight excluding hydrogens is 252 g/mol. The van der Waals surface area contributed by atoms with Crippen LogP contribution >= 0.6 is 0 Å². The smallest absolute Gasteiger partial charge is 0.0206 e. The summed E-state index contributed by atoms with van der Waals surface area (Å²) in [4.78, 5) is 0. The maximum absolute atomic E-state index is 3.63. The second-order valence-corrected chi connectivity index (χ2v) is 5.18. The zero-order valence-electron chi connectivity index (χ0n) is 17.2. The maximum Gasteiger partial charge on any atom is -0.0206 e. The molecule has 0 N–H and O–H groups in total. The standard InChI is InChI=1S/C6H12.C4H10.C4H6.C3H6.2C2H6/c1-5-6(2,3)4;1-4(2)3;1-3-4-2;1-3-2;2*1-2/h5H,1H2,2-4H3;4H,1-3H3;3-4H,1-2H2;3H,1H2,2H3;2*1-2H3. The number of hydrogen-bond acceptors (Lipinski definition) is 0. The summed E-state index contributed by atoms with van der Waals surface area (Å²) < 4.78 is 0. The van der Waals surface area contributed by atoms with Crippen LogP contribution in [0.25, 0.3) is 0 Å². The molecule has 0 aromatic carbocycles. The molecule has 0 saturated carbocycles. The van der Waals surface area contributed by atoms with Gasteiger partial charge in [0.2, 0.25) is 0 Å². The minimum atomic E-state index is 0.306. The van der Waals surface area contributed by atoms with Gasteiger partial charge >= 0.3 is 0 Å². The molecule has 0 aliphatic heterocycles. The van der Waals surface area contributed by atoms with E-state index < -0.39 is 0 Å². The number of hydrogen-bond donors (Lipinski definition) is 0. The Kier molecular flexibility index (Phi) is 75.0. The summed E-state index contributed by atoms with van der Waals surface area (Å²) in [5, 5.41) is 0. The molecule has 21 heavy (non-hydrogen) atoms. The van der Waals surface area contributed by atoms with Crippen molar-refractivity contribution >= 4 is 0 Å². The first kappa shape index (κ1) is 36.8. The first-order valence-corrected chi connectivity index (χ1v) is 8.06. The van der Waals surface area contributed by atoms with Gasteiger partial charge in [0.25, 0.3) is 0 Å². The van der Waals surface area contributed by atoms with Crippen LogP contribution in [0.3, 0.4) is 0 Å². The lowest BCUT2D eigenvalue weighted by Crippen LogP contribution is -1.96. The molecule has 0 amide bonds. The van der Waals surface area contributed by atoms with Gasteiger partial charge in [0.15, 0.2) is 0 Å². The summed E-state index contributed by atoms with van der Waals surface area (Å²) >= 11 is 0. The lowest BCUT2D eigenvalue weighted by Gasteiger charge is -2.08. The molecule has 130 valence electrons. The van der Waals surface area contributed by atoms with Crippen molar-refractivity contribution in [3.05, 3.63) is 50.6 Å². The topological polar surface area (TPSA) is 0 Å². The van der Waals surface area contributed by atoms with Crippen LogP contribution in [0.2, 0.25) is 0 Å². The van der Waals surface area contributed by atoms with Gasteiger partial charge < -0.3 is 0 Å². The van der Waals surface area contributed by atoms with E-state index >= 15 is 0 Å². The normalized spacial score (nSPS) is 7.05. The van der Waals surface area contributed by atoms with E-state index in [1.807, 2.05) is 40.7 Å². The lowest BCUT2D eigenvalue weighted by molar-refractivity contribution is 0.546. The van der Waals surface area contributed by atoms with Gasteiger partial charge in [-0.3, -0.25) is 0 Å². The Bertz CT molecular complexity index is 156. The molecule has 0 unspecified atom stereocenters. The summed E-state index contributed by atoms with van der Waals surface area (Å²) in [7, 11) is 0. The van der Waals surface area contributed by atoms with E-state index in [1.165, 1.54) is 0 Å². The molecule has 0 nitrogen and oxygen atoms in total. The minimum Gasteiger partial charge on any atom is -0.103 e. The monoisotopic (exact) mass is 298 g/mol. The summed E-state index contributed by atoms with van der Waals surface area (Å²) in [6.07, 6.45) is 6.97. The quantitative estimate of drug-likeness (QED) is 0.336. The predicted molar refractivity (Wildman–Crippen MR) is 109 cm³/mol. The van der Waals surface area contributed by atoms with E-state index in [0.717, 1.165) is 5.92 Å². The van der Waals surface area contributed by atoms with Crippen molar-refractivity contribution in [3.63, 3.8) is 0 Å². The van der Waals surface area contributed by atoms with Crippen LogP contribution in [-0.4, -0.2) is 0 Å². The fourth-order valence-electron chi connectivity index (χ4n) is 0. The van der Waals surface area contributed by atoms with Crippen molar-refractivity contribution in [2.75, 3.05) is 0 Å². The van der Waals surface area contributed by atoms with Gasteiger partial charge in [-0.05, 0) is 18.3 Å². The molecule has 0 spiro atoms. The van der Waals surface area contributed by atoms with Crippen molar-refractivity contribution in [1.82, 2.24) is 0 Å². The van der Waals surface area contributed by atoms with Crippen molar-refractivity contribution in [2.45, 2.75) is 76.2 Å². The Morgan fingerprint density at radius 1 is 0.714 bits per heavy atom. The number of rotatable bonds is 1. The fourth-order valence-corrected chi connectivity index (χ4v) is 0. The fraction of sp³-hybridized carbons (Fsp3) is 0.619. The van der Waals surface area contributed by atoms with Gasteiger partial charge in [-0.2, -0.15) is 0 Å². The molecule has 0 atom stereocenters. The Labute approximate surface area is 138 Å². The van der Waals surface area contributed by atoms with Crippen LogP contribution in [-0.2, 0) is 0 Å². The Balaban J connectivity index is -0.0000000338. The molecule has 0 radical (unpaired) electrons. The predicted octanol–water partition coefficient (Wildman–Crippen LogP) is 8.48. The van der Waals surface area contributed by atoms with Crippen LogP contribution in [0, 0.1) is 11.3 Å². The first-order chi connectivity index (χ1) is 9.62. The Hall–Kier alpha value is -1.04. The highest BCUT2D eigenvalue weighted by Gasteiger charge is 1.99. The highest BCUT2D eigenvalue weighted by molar-refractivity contribution is 4.88. The van der Waals surface area contributed by atoms with Crippen molar-refractivity contribution in [2.24, 2.45) is 11.3 Å². The van der Waals surface area contributed by atoms with Crippen LogP contribution in [0.1, 0.15) is 76.2 Å². The van der Waals surface area contributed by atoms with Crippen LogP contribution in [0.15, 0.2) is 50.6 Å². The average molecular weight is 299 g/mol. The minimum absolute atomic E-state index is 0.306. The molecule has 0 aromatic heterocycles. The van der Waals surface area contributed by atoms with E-state index in [1.54, 1.807) is 18.2 Å². The SMILES string of the molecule is C=CC.C=CC(C)(C)C.C=CC=C.CC.CC.CC(C)C. The third-order valence-electron chi connectivity index (χ3n) is 0.779. The van der Waals surface area contributed by atoms with Crippen LogP contribution in [0.5, 0.6) is 0 Å². The van der Waals surface area contributed by atoms with Crippen molar-refractivity contribution in [3.8, 4) is 0 Å². The van der Waals surface area contributed by atoms with Gasteiger partial charge in [-0.1, -0.05) is 107 Å². The van der Waals surface area contributed by atoms with Crippen LogP contribution in [0.4, 0.5) is 0 Å².